The zero-order chi connectivity index (χ0) is 19.9. The molecule has 0 saturated carbocycles. The lowest BCUT2D eigenvalue weighted by Crippen LogP contribution is -2.49. The van der Waals surface area contributed by atoms with Gasteiger partial charge in [-0.2, -0.15) is 0 Å². The van der Waals surface area contributed by atoms with Crippen molar-refractivity contribution >= 4 is 5.97 Å². The van der Waals surface area contributed by atoms with Crippen molar-refractivity contribution in [1.29, 1.82) is 0 Å². The second kappa shape index (κ2) is 14.0. The fourth-order valence-corrected chi connectivity index (χ4v) is 3.09. The van der Waals surface area contributed by atoms with Crippen molar-refractivity contribution in [3.63, 3.8) is 0 Å². The van der Waals surface area contributed by atoms with Gasteiger partial charge in [-0.1, -0.05) is 56.8 Å². The van der Waals surface area contributed by atoms with Gasteiger partial charge in [-0.05, 0) is 25.3 Å². The molecular formula is C21H40NO4+. The predicted molar refractivity (Wildman–Crippen MR) is 107 cm³/mol. The number of nitrogens with zero attached hydrogens (tertiary/aromatic N) is 1. The molecule has 0 bridgehead atoms. The van der Waals surface area contributed by atoms with E-state index in [2.05, 4.69) is 6.08 Å². The lowest BCUT2D eigenvalue weighted by atomic mass is 9.97. The average molecular weight is 371 g/mol. The molecule has 0 aromatic heterocycles. The highest BCUT2D eigenvalue weighted by Gasteiger charge is 2.33. The molecule has 0 aromatic carbocycles. The topological polar surface area (TPSA) is 77.8 Å². The number of quaternary nitrogens is 1. The quantitative estimate of drug-likeness (QED) is 0.221. The van der Waals surface area contributed by atoms with Crippen molar-refractivity contribution in [1.82, 2.24) is 0 Å². The number of carboxylic acid groups (broad SMARTS) is 1. The van der Waals surface area contributed by atoms with Gasteiger partial charge in [-0.25, -0.2) is 0 Å². The van der Waals surface area contributed by atoms with Crippen molar-refractivity contribution in [3.05, 3.63) is 24.3 Å². The van der Waals surface area contributed by atoms with Crippen LogP contribution in [0.2, 0.25) is 0 Å². The van der Waals surface area contributed by atoms with Crippen LogP contribution in [0.5, 0.6) is 0 Å². The Hall–Kier alpha value is -1.17. The van der Waals surface area contributed by atoms with E-state index in [4.69, 9.17) is 10.2 Å². The predicted octanol–water partition coefficient (Wildman–Crippen LogP) is 3.51. The SMILES string of the molecule is C[N+](C)(C)C[C@@](O)(C=CC=CCCCCCCCCCCO)CC(=O)O. The van der Waals surface area contributed by atoms with Gasteiger partial charge in [0.05, 0.1) is 27.6 Å². The Labute approximate surface area is 159 Å². The summed E-state index contributed by atoms with van der Waals surface area (Å²) in [4.78, 5) is 11.0. The second-order valence-electron chi connectivity index (χ2n) is 8.25. The van der Waals surface area contributed by atoms with Gasteiger partial charge in [0, 0.05) is 6.61 Å². The summed E-state index contributed by atoms with van der Waals surface area (Å²) < 4.78 is 0.498. The molecule has 0 unspecified atom stereocenters. The van der Waals surface area contributed by atoms with E-state index < -0.39 is 11.6 Å². The highest BCUT2D eigenvalue weighted by Crippen LogP contribution is 2.17. The van der Waals surface area contributed by atoms with E-state index in [1.807, 2.05) is 27.2 Å². The fourth-order valence-electron chi connectivity index (χ4n) is 3.09. The summed E-state index contributed by atoms with van der Waals surface area (Å²) in [7, 11) is 5.80. The van der Waals surface area contributed by atoms with Crippen LogP contribution in [0.1, 0.15) is 64.2 Å². The third-order valence-corrected chi connectivity index (χ3v) is 4.14. The minimum atomic E-state index is -1.33. The molecule has 5 heteroatoms. The van der Waals surface area contributed by atoms with Crippen molar-refractivity contribution in [3.8, 4) is 0 Å². The highest BCUT2D eigenvalue weighted by molar-refractivity contribution is 5.68. The number of carbonyl (C=O) groups is 1. The number of aliphatic carboxylic acids is 1. The molecule has 1 atom stereocenters. The molecule has 0 amide bonds. The van der Waals surface area contributed by atoms with Crippen molar-refractivity contribution < 1.29 is 24.6 Å². The Balaban J connectivity index is 4.00. The van der Waals surface area contributed by atoms with Crippen LogP contribution in [0.4, 0.5) is 0 Å². The van der Waals surface area contributed by atoms with Gasteiger partial charge in [0.25, 0.3) is 0 Å². The first-order valence-electron chi connectivity index (χ1n) is 9.88. The molecule has 0 fully saturated rings. The smallest absolute Gasteiger partial charge is 0.306 e. The largest absolute Gasteiger partial charge is 0.481 e. The Morgan fingerprint density at radius 2 is 1.46 bits per heavy atom. The maximum Gasteiger partial charge on any atom is 0.306 e. The number of carboxylic acids is 1. The number of hydrogen-bond acceptors (Lipinski definition) is 3. The van der Waals surface area contributed by atoms with Crippen LogP contribution in [0, 0.1) is 0 Å². The van der Waals surface area contributed by atoms with Crippen LogP contribution in [0.3, 0.4) is 0 Å². The Morgan fingerprint density at radius 3 is 1.96 bits per heavy atom. The molecule has 3 N–H and O–H groups in total. The zero-order valence-electron chi connectivity index (χ0n) is 17.0. The molecule has 0 aliphatic carbocycles. The van der Waals surface area contributed by atoms with Crippen LogP contribution in [0.25, 0.3) is 0 Å². The summed E-state index contributed by atoms with van der Waals surface area (Å²) in [6.45, 7) is 0.658. The van der Waals surface area contributed by atoms with E-state index >= 15 is 0 Å². The summed E-state index contributed by atoms with van der Waals surface area (Å²) in [5.41, 5.74) is -1.33. The summed E-state index contributed by atoms with van der Waals surface area (Å²) in [5, 5.41) is 28.3. The molecule has 5 nitrogen and oxygen atoms in total. The van der Waals surface area contributed by atoms with Crippen molar-refractivity contribution in [2.24, 2.45) is 0 Å². The van der Waals surface area contributed by atoms with Gasteiger partial charge in [0.1, 0.15) is 12.1 Å². The highest BCUT2D eigenvalue weighted by atomic mass is 16.4. The van der Waals surface area contributed by atoms with E-state index in [9.17, 15) is 9.90 Å². The molecule has 0 radical (unpaired) electrons. The Morgan fingerprint density at radius 1 is 0.923 bits per heavy atom. The molecule has 152 valence electrons. The lowest BCUT2D eigenvalue weighted by Gasteiger charge is -2.32. The summed E-state index contributed by atoms with van der Waals surface area (Å²) >= 11 is 0. The molecular weight excluding hydrogens is 330 g/mol. The number of unbranched alkanes of at least 4 members (excludes halogenated alkanes) is 8. The molecule has 0 saturated heterocycles. The van der Waals surface area contributed by atoms with Gasteiger partial charge < -0.3 is 19.8 Å². The first-order chi connectivity index (χ1) is 12.2. The average Bonchev–Trinajstić information content (AvgIpc) is 2.49. The monoisotopic (exact) mass is 370 g/mol. The first kappa shape index (κ1) is 24.8. The van der Waals surface area contributed by atoms with Gasteiger partial charge >= 0.3 is 5.97 Å². The summed E-state index contributed by atoms with van der Waals surface area (Å²) in [6, 6.07) is 0. The van der Waals surface area contributed by atoms with Crippen LogP contribution in [0.15, 0.2) is 24.3 Å². The van der Waals surface area contributed by atoms with Gasteiger partial charge in [-0.3, -0.25) is 4.79 Å². The van der Waals surface area contributed by atoms with Gasteiger partial charge in [0.15, 0.2) is 0 Å². The van der Waals surface area contributed by atoms with Crippen LogP contribution >= 0.6 is 0 Å². The molecule has 0 aliphatic heterocycles. The maximum absolute atomic E-state index is 11.0. The lowest BCUT2D eigenvalue weighted by molar-refractivity contribution is -0.876. The molecule has 0 spiro atoms. The van der Waals surface area contributed by atoms with Crippen LogP contribution < -0.4 is 0 Å². The van der Waals surface area contributed by atoms with Crippen molar-refractivity contribution in [2.75, 3.05) is 34.3 Å². The molecule has 0 heterocycles. The summed E-state index contributed by atoms with van der Waals surface area (Å²) in [6.07, 6.45) is 17.5. The number of rotatable bonds is 16. The van der Waals surface area contributed by atoms with E-state index in [0.29, 0.717) is 17.6 Å². The number of allylic oxidation sites excluding steroid dienone is 3. The number of likely N-dealkylation sites (N-methyl/N-ethyl adjacent to an activating group) is 1. The van der Waals surface area contributed by atoms with Crippen molar-refractivity contribution in [2.45, 2.75) is 69.8 Å². The molecule has 0 aromatic rings. The number of aliphatic hydroxyl groups excluding tert-OH is 1. The fraction of sp³-hybridized carbons (Fsp3) is 0.762. The number of aliphatic hydroxyl groups is 2. The molecule has 0 rings (SSSR count). The Bertz CT molecular complexity index is 426. The number of hydrogen-bond donors (Lipinski definition) is 3. The molecule has 26 heavy (non-hydrogen) atoms. The van der Waals surface area contributed by atoms with E-state index in [0.717, 1.165) is 25.7 Å². The van der Waals surface area contributed by atoms with Gasteiger partial charge in [-0.15, -0.1) is 0 Å². The molecule has 0 aliphatic rings. The third-order valence-electron chi connectivity index (χ3n) is 4.14. The van der Waals surface area contributed by atoms with Crippen LogP contribution in [-0.2, 0) is 4.79 Å². The zero-order valence-corrected chi connectivity index (χ0v) is 17.0. The maximum atomic E-state index is 11.0. The second-order valence-corrected chi connectivity index (χ2v) is 8.25. The summed E-state index contributed by atoms with van der Waals surface area (Å²) in [5.74, 6) is -0.994. The normalized spacial score (nSPS) is 15.0. The minimum Gasteiger partial charge on any atom is -0.481 e. The van der Waals surface area contributed by atoms with Gasteiger partial charge in [0.2, 0.25) is 0 Å². The standard InChI is InChI=1S/C21H39NO4/c1-22(2,3)19-21(26,18-20(24)25)16-14-12-10-8-6-4-5-7-9-11-13-15-17-23/h10,12,14,16,23,26H,4-9,11,13,15,17-19H2,1-3H3/p+1/t21-/m1/s1. The minimum absolute atomic E-state index is 0.287. The van der Waals surface area contributed by atoms with E-state index in [-0.39, 0.29) is 6.42 Å². The third kappa shape index (κ3) is 16.3. The first-order valence-corrected chi connectivity index (χ1v) is 9.88. The Kier molecular flexibility index (Phi) is 13.3. The van der Waals surface area contributed by atoms with Crippen LogP contribution in [-0.4, -0.2) is 65.7 Å². The van der Waals surface area contributed by atoms with E-state index in [1.165, 1.54) is 32.1 Å². The van der Waals surface area contributed by atoms with E-state index in [1.54, 1.807) is 12.2 Å².